The zero-order valence-corrected chi connectivity index (χ0v) is 17.2. The molecule has 146 valence electrons. The Morgan fingerprint density at radius 2 is 2.22 bits per heavy atom. The zero-order valence-electron chi connectivity index (χ0n) is 16.4. The first-order chi connectivity index (χ1) is 13.0. The van der Waals surface area contributed by atoms with E-state index in [1.165, 1.54) is 18.2 Å². The van der Waals surface area contributed by atoms with Crippen molar-refractivity contribution in [2.45, 2.75) is 62.9 Å². The van der Waals surface area contributed by atoms with E-state index < -0.39 is 0 Å². The van der Waals surface area contributed by atoms with E-state index in [1.54, 1.807) is 11.8 Å². The van der Waals surface area contributed by atoms with Crippen LogP contribution in [0.1, 0.15) is 45.1 Å². The first-order valence-electron chi connectivity index (χ1n) is 9.45. The van der Waals surface area contributed by atoms with Gasteiger partial charge < -0.3 is 9.64 Å². The Bertz CT molecular complexity index is 794. The molecule has 1 fully saturated rings. The van der Waals surface area contributed by atoms with Gasteiger partial charge in [0.15, 0.2) is 0 Å². The summed E-state index contributed by atoms with van der Waals surface area (Å²) in [6, 6.07) is 6.20. The smallest absolute Gasteiger partial charge is 0.236 e. The molecule has 8 heteroatoms. The second-order valence-corrected chi connectivity index (χ2v) is 8.21. The highest BCUT2D eigenvalue weighted by molar-refractivity contribution is 8.00. The molecule has 2 aromatic rings. The Hall–Kier alpha value is -2.09. The third kappa shape index (κ3) is 4.26. The highest BCUT2D eigenvalue weighted by atomic mass is 32.2. The molecule has 2 heterocycles. The summed E-state index contributed by atoms with van der Waals surface area (Å²) in [4.78, 5) is 15.1. The van der Waals surface area contributed by atoms with E-state index in [2.05, 4.69) is 22.4 Å². The average Bonchev–Trinajstić information content (AvgIpc) is 3.15. The number of benzene rings is 1. The fraction of sp³-hybridized carbons (Fsp3) is 0.579. The molecule has 0 N–H and O–H groups in total. The second-order valence-electron chi connectivity index (χ2n) is 6.90. The monoisotopic (exact) mass is 389 g/mol. The molecule has 1 aromatic carbocycles. The molecule has 0 saturated carbocycles. The van der Waals surface area contributed by atoms with E-state index in [-0.39, 0.29) is 11.2 Å². The molecule has 2 atom stereocenters. The van der Waals surface area contributed by atoms with Crippen LogP contribution in [0.15, 0.2) is 23.4 Å². The standard InChI is InChI=1S/C19H27N5O2S/c1-5-15-8-6-7-11-23(15)18(25)14(3)27-19-20-21-22-24(19)16-12-13(2)9-10-17(16)26-4/h9-10,12,14-15H,5-8,11H2,1-4H3/t14-,15-/m0/s1. The molecule has 0 unspecified atom stereocenters. The number of rotatable bonds is 6. The maximum absolute atomic E-state index is 13.0. The van der Waals surface area contributed by atoms with E-state index in [0.717, 1.165) is 37.1 Å². The Morgan fingerprint density at radius 3 is 2.96 bits per heavy atom. The number of nitrogens with zero attached hydrogens (tertiary/aromatic N) is 5. The van der Waals surface area contributed by atoms with Crippen LogP contribution in [0.4, 0.5) is 0 Å². The van der Waals surface area contributed by atoms with Crippen molar-refractivity contribution in [3.63, 3.8) is 0 Å². The van der Waals surface area contributed by atoms with Crippen LogP contribution >= 0.6 is 11.8 Å². The van der Waals surface area contributed by atoms with Crippen molar-refractivity contribution in [1.82, 2.24) is 25.1 Å². The molecule has 1 aliphatic heterocycles. The van der Waals surface area contributed by atoms with Gasteiger partial charge in [0.1, 0.15) is 11.4 Å². The van der Waals surface area contributed by atoms with E-state index in [9.17, 15) is 4.79 Å². The van der Waals surface area contributed by atoms with Crippen molar-refractivity contribution in [3.05, 3.63) is 23.8 Å². The maximum atomic E-state index is 13.0. The topological polar surface area (TPSA) is 73.1 Å². The SMILES string of the molecule is CC[C@H]1CCCCN1C(=O)[C@H](C)Sc1nnnn1-c1cc(C)ccc1OC. The van der Waals surface area contributed by atoms with Crippen molar-refractivity contribution < 1.29 is 9.53 Å². The minimum absolute atomic E-state index is 0.164. The third-order valence-corrected chi connectivity index (χ3v) is 6.04. The molecule has 0 aliphatic carbocycles. The van der Waals surface area contributed by atoms with Crippen LogP contribution in [0.5, 0.6) is 5.75 Å². The van der Waals surface area contributed by atoms with Gasteiger partial charge in [-0.05, 0) is 67.7 Å². The lowest BCUT2D eigenvalue weighted by atomic mass is 10.00. The normalized spacial score (nSPS) is 18.4. The molecule has 1 aliphatic rings. The summed E-state index contributed by atoms with van der Waals surface area (Å²) in [5.41, 5.74) is 1.86. The molecule has 0 bridgehead atoms. The number of carbonyl (C=O) groups excluding carboxylic acids is 1. The predicted molar refractivity (Wildman–Crippen MR) is 105 cm³/mol. The zero-order chi connectivity index (χ0) is 19.4. The second kappa shape index (κ2) is 8.73. The summed E-state index contributed by atoms with van der Waals surface area (Å²) in [6.07, 6.45) is 4.38. The number of aryl methyl sites for hydroxylation is 1. The van der Waals surface area contributed by atoms with Gasteiger partial charge in [0.05, 0.1) is 12.4 Å². The van der Waals surface area contributed by atoms with E-state index >= 15 is 0 Å². The van der Waals surface area contributed by atoms with E-state index in [0.29, 0.717) is 16.9 Å². The quantitative estimate of drug-likeness (QED) is 0.706. The van der Waals surface area contributed by atoms with Crippen molar-refractivity contribution in [2.75, 3.05) is 13.7 Å². The van der Waals surface area contributed by atoms with Crippen molar-refractivity contribution in [3.8, 4) is 11.4 Å². The van der Waals surface area contributed by atoms with E-state index in [4.69, 9.17) is 4.74 Å². The average molecular weight is 390 g/mol. The fourth-order valence-electron chi connectivity index (χ4n) is 3.53. The van der Waals surface area contributed by atoms with Gasteiger partial charge in [0.2, 0.25) is 11.1 Å². The van der Waals surface area contributed by atoms with Gasteiger partial charge >= 0.3 is 0 Å². The van der Waals surface area contributed by atoms with Crippen molar-refractivity contribution >= 4 is 17.7 Å². The number of carbonyl (C=O) groups is 1. The summed E-state index contributed by atoms with van der Waals surface area (Å²) < 4.78 is 7.10. The fourth-order valence-corrected chi connectivity index (χ4v) is 4.40. The molecule has 3 rings (SSSR count). The molecule has 1 amide bonds. The van der Waals surface area contributed by atoms with Gasteiger partial charge in [-0.15, -0.1) is 5.10 Å². The predicted octanol–water partition coefficient (Wildman–Crippen LogP) is 3.25. The largest absolute Gasteiger partial charge is 0.494 e. The molecule has 27 heavy (non-hydrogen) atoms. The minimum atomic E-state index is -0.252. The van der Waals surface area contributed by atoms with Crippen LogP contribution < -0.4 is 4.74 Å². The summed E-state index contributed by atoms with van der Waals surface area (Å²) >= 11 is 1.39. The maximum Gasteiger partial charge on any atom is 0.236 e. The number of amides is 1. The van der Waals surface area contributed by atoms with Gasteiger partial charge in [0, 0.05) is 12.6 Å². The van der Waals surface area contributed by atoms with Gasteiger partial charge in [-0.1, -0.05) is 24.8 Å². The van der Waals surface area contributed by atoms with Crippen LogP contribution in [0.25, 0.3) is 5.69 Å². The molecular formula is C19H27N5O2S. The number of piperidine rings is 1. The Labute approximate surface area is 164 Å². The summed E-state index contributed by atoms with van der Waals surface area (Å²) in [5, 5.41) is 12.4. The number of hydrogen-bond acceptors (Lipinski definition) is 6. The lowest BCUT2D eigenvalue weighted by Crippen LogP contribution is -2.46. The molecule has 7 nitrogen and oxygen atoms in total. The Morgan fingerprint density at radius 1 is 1.41 bits per heavy atom. The number of aromatic nitrogens is 4. The lowest BCUT2D eigenvalue weighted by Gasteiger charge is -2.36. The first-order valence-corrected chi connectivity index (χ1v) is 10.3. The first kappa shape index (κ1) is 19.7. The van der Waals surface area contributed by atoms with Crippen molar-refractivity contribution in [2.24, 2.45) is 0 Å². The summed E-state index contributed by atoms with van der Waals surface area (Å²) in [5.74, 6) is 0.855. The van der Waals surface area contributed by atoms with Crippen LogP contribution in [-0.4, -0.2) is 56.0 Å². The molecule has 1 saturated heterocycles. The van der Waals surface area contributed by atoms with Gasteiger partial charge in [-0.2, -0.15) is 4.68 Å². The van der Waals surface area contributed by atoms with Crippen LogP contribution in [0.3, 0.4) is 0 Å². The van der Waals surface area contributed by atoms with Gasteiger partial charge in [-0.3, -0.25) is 4.79 Å². The third-order valence-electron chi connectivity index (χ3n) is 5.01. The Balaban J connectivity index is 1.80. The highest BCUT2D eigenvalue weighted by Crippen LogP contribution is 2.30. The Kier molecular flexibility index (Phi) is 6.36. The number of thioether (sulfide) groups is 1. The van der Waals surface area contributed by atoms with Gasteiger partial charge in [0.25, 0.3) is 0 Å². The molecular weight excluding hydrogens is 362 g/mol. The summed E-state index contributed by atoms with van der Waals surface area (Å²) in [7, 11) is 1.62. The van der Waals surface area contributed by atoms with Crippen molar-refractivity contribution in [1.29, 1.82) is 0 Å². The van der Waals surface area contributed by atoms with Crippen LogP contribution in [0.2, 0.25) is 0 Å². The number of likely N-dealkylation sites (tertiary alicyclic amines) is 1. The minimum Gasteiger partial charge on any atom is -0.494 e. The number of hydrogen-bond donors (Lipinski definition) is 0. The number of methoxy groups -OCH3 is 1. The number of ether oxygens (including phenoxy) is 1. The number of tetrazole rings is 1. The van der Waals surface area contributed by atoms with Crippen LogP contribution in [0, 0.1) is 6.92 Å². The lowest BCUT2D eigenvalue weighted by molar-refractivity contribution is -0.134. The van der Waals surface area contributed by atoms with E-state index in [1.807, 2.05) is 36.9 Å². The molecule has 0 radical (unpaired) electrons. The molecule has 1 aromatic heterocycles. The van der Waals surface area contributed by atoms with Gasteiger partial charge in [-0.25, -0.2) is 0 Å². The highest BCUT2D eigenvalue weighted by Gasteiger charge is 2.30. The molecule has 0 spiro atoms. The summed E-state index contributed by atoms with van der Waals surface area (Å²) in [6.45, 7) is 6.94. The van der Waals surface area contributed by atoms with Crippen LogP contribution in [-0.2, 0) is 4.79 Å².